The largest absolute Gasteiger partial charge is 0.494 e. The van der Waals surface area contributed by atoms with E-state index in [9.17, 15) is 9.90 Å². The van der Waals surface area contributed by atoms with E-state index in [1.54, 1.807) is 0 Å². The van der Waals surface area contributed by atoms with Gasteiger partial charge in [-0.2, -0.15) is 0 Å². The molecular weight excluding hydrogens is 379 g/mol. The van der Waals surface area contributed by atoms with Gasteiger partial charge in [-0.05, 0) is 83.4 Å². The van der Waals surface area contributed by atoms with Crippen molar-refractivity contribution >= 4 is 18.7 Å². The molecule has 4 aliphatic heterocycles. The van der Waals surface area contributed by atoms with Crippen LogP contribution in [0.3, 0.4) is 0 Å². The zero-order valence-corrected chi connectivity index (χ0v) is 18.6. The molecule has 0 spiro atoms. The predicted octanol–water partition coefficient (Wildman–Crippen LogP) is 3.05. The van der Waals surface area contributed by atoms with Crippen molar-refractivity contribution in [3.63, 3.8) is 0 Å². The summed E-state index contributed by atoms with van der Waals surface area (Å²) in [6, 6.07) is 8.38. The number of fused-ring (bicyclic) bond motifs is 3. The van der Waals surface area contributed by atoms with Crippen LogP contribution in [0, 0.1) is 5.92 Å². The molecule has 30 heavy (non-hydrogen) atoms. The van der Waals surface area contributed by atoms with Crippen LogP contribution in [0.2, 0.25) is 0 Å². The first-order valence-electron chi connectivity index (χ1n) is 11.3. The second-order valence-corrected chi connectivity index (χ2v) is 10.6. The van der Waals surface area contributed by atoms with Gasteiger partial charge >= 0.3 is 13.2 Å². The van der Waals surface area contributed by atoms with E-state index in [0.717, 1.165) is 56.3 Å². The number of piperidine rings is 3. The highest BCUT2D eigenvalue weighted by molar-refractivity contribution is 6.62. The molecule has 1 saturated carbocycles. The monoisotopic (exact) mass is 412 g/mol. The number of carbonyl (C=O) groups is 1. The molecule has 2 bridgehead atoms. The van der Waals surface area contributed by atoms with Gasteiger partial charge in [-0.3, -0.25) is 4.90 Å². The summed E-state index contributed by atoms with van der Waals surface area (Å²) < 4.78 is 12.3. The number of rotatable bonds is 4. The van der Waals surface area contributed by atoms with Crippen molar-refractivity contribution in [2.24, 2.45) is 5.92 Å². The molecule has 4 heterocycles. The van der Waals surface area contributed by atoms with Crippen LogP contribution in [0.5, 0.6) is 0 Å². The third-order valence-electron chi connectivity index (χ3n) is 8.32. The first-order chi connectivity index (χ1) is 14.1. The van der Waals surface area contributed by atoms with Crippen molar-refractivity contribution in [1.29, 1.82) is 0 Å². The molecule has 7 heteroatoms. The molecule has 162 valence electrons. The maximum atomic E-state index is 12.4. The van der Waals surface area contributed by atoms with Crippen LogP contribution in [-0.4, -0.2) is 65.0 Å². The van der Waals surface area contributed by atoms with Crippen LogP contribution in [0.4, 0.5) is 4.79 Å². The van der Waals surface area contributed by atoms with Gasteiger partial charge in [-0.25, -0.2) is 4.79 Å². The van der Waals surface area contributed by atoms with Crippen molar-refractivity contribution in [1.82, 2.24) is 9.80 Å². The van der Waals surface area contributed by atoms with Crippen molar-refractivity contribution in [3.05, 3.63) is 29.8 Å². The fraction of sp³-hybridized carbons (Fsp3) is 0.696. The Labute approximate surface area is 179 Å². The molecule has 1 N–H and O–H groups in total. The Balaban J connectivity index is 1.39. The fourth-order valence-corrected chi connectivity index (χ4v) is 5.59. The first kappa shape index (κ1) is 20.3. The summed E-state index contributed by atoms with van der Waals surface area (Å²) in [6.07, 6.45) is 3.26. The maximum absolute atomic E-state index is 12.4. The van der Waals surface area contributed by atoms with E-state index in [2.05, 4.69) is 44.7 Å². The third kappa shape index (κ3) is 3.09. The van der Waals surface area contributed by atoms with Crippen LogP contribution in [0.25, 0.3) is 0 Å². The molecule has 1 atom stereocenters. The summed E-state index contributed by atoms with van der Waals surface area (Å²) in [6.45, 7) is 11.3. The molecule has 5 aliphatic rings. The number of hydrogen-bond acceptors (Lipinski definition) is 4. The third-order valence-corrected chi connectivity index (χ3v) is 8.32. The highest BCUT2D eigenvalue weighted by Gasteiger charge is 2.57. The van der Waals surface area contributed by atoms with E-state index in [-0.39, 0.29) is 22.8 Å². The lowest BCUT2D eigenvalue weighted by Gasteiger charge is -2.50. The fourth-order valence-electron chi connectivity index (χ4n) is 5.59. The second kappa shape index (κ2) is 6.71. The lowest BCUT2D eigenvalue weighted by atomic mass is 9.78. The van der Waals surface area contributed by atoms with E-state index in [1.165, 1.54) is 0 Å². The van der Waals surface area contributed by atoms with Gasteiger partial charge in [-0.15, -0.1) is 0 Å². The van der Waals surface area contributed by atoms with Gasteiger partial charge in [0, 0.05) is 6.54 Å². The molecule has 0 radical (unpaired) electrons. The minimum atomic E-state index is -0.777. The van der Waals surface area contributed by atoms with E-state index in [4.69, 9.17) is 9.31 Å². The molecule has 5 fully saturated rings. The van der Waals surface area contributed by atoms with Gasteiger partial charge in [-0.1, -0.05) is 24.3 Å². The van der Waals surface area contributed by atoms with E-state index >= 15 is 0 Å². The highest BCUT2D eigenvalue weighted by Crippen LogP contribution is 2.53. The number of benzene rings is 1. The summed E-state index contributed by atoms with van der Waals surface area (Å²) >= 11 is 0. The van der Waals surface area contributed by atoms with E-state index in [0.29, 0.717) is 5.92 Å². The van der Waals surface area contributed by atoms with Gasteiger partial charge in [0.05, 0.1) is 22.8 Å². The second-order valence-electron chi connectivity index (χ2n) is 10.6. The summed E-state index contributed by atoms with van der Waals surface area (Å²) in [5.41, 5.74) is 0.969. The Morgan fingerprint density at radius 3 is 2.07 bits per heavy atom. The number of hydrogen-bond donors (Lipinski definition) is 1. The van der Waals surface area contributed by atoms with Crippen LogP contribution in [0.1, 0.15) is 58.9 Å². The van der Waals surface area contributed by atoms with Crippen LogP contribution in [-0.2, 0) is 14.8 Å². The average molecular weight is 412 g/mol. The Morgan fingerprint density at radius 1 is 1.07 bits per heavy atom. The quantitative estimate of drug-likeness (QED) is 0.771. The van der Waals surface area contributed by atoms with Gasteiger partial charge in [0.15, 0.2) is 0 Å². The SMILES string of the molecule is CC1(C)OB(c2ccc(C3(N(C(=O)O)[C@@H]4CN5CCC4CC5)CC3)cc2)OC1(C)C. The first-order valence-corrected chi connectivity index (χ1v) is 11.3. The molecule has 1 aromatic carbocycles. The molecule has 1 aromatic rings. The van der Waals surface area contributed by atoms with Gasteiger partial charge < -0.3 is 19.3 Å². The number of carboxylic acid groups (broad SMARTS) is 1. The normalized spacial score (nSPS) is 32.8. The Hall–Kier alpha value is -1.57. The minimum absolute atomic E-state index is 0.107. The molecule has 0 unspecified atom stereocenters. The zero-order valence-electron chi connectivity index (χ0n) is 18.6. The molecule has 1 amide bonds. The summed E-state index contributed by atoms with van der Waals surface area (Å²) in [5, 5.41) is 10.2. The number of amides is 1. The predicted molar refractivity (Wildman–Crippen MR) is 116 cm³/mol. The lowest BCUT2D eigenvalue weighted by Crippen LogP contribution is -2.61. The zero-order chi connectivity index (χ0) is 21.3. The highest BCUT2D eigenvalue weighted by atomic mass is 16.7. The molecule has 6 nitrogen and oxygen atoms in total. The van der Waals surface area contributed by atoms with Crippen LogP contribution < -0.4 is 5.46 Å². The van der Waals surface area contributed by atoms with Crippen molar-refractivity contribution in [2.45, 2.75) is 76.2 Å². The van der Waals surface area contributed by atoms with Crippen LogP contribution >= 0.6 is 0 Å². The van der Waals surface area contributed by atoms with Crippen LogP contribution in [0.15, 0.2) is 24.3 Å². The standard InChI is InChI=1S/C23H33BN2O4/c1-21(2)22(3,4)30-24(29-21)18-7-5-17(6-8-18)23(11-12-23)26(20(27)28)19-15-25-13-9-16(19)10-14-25/h5-8,16,19H,9-15H2,1-4H3,(H,27,28)/t19-/m1/s1. The smallest absolute Gasteiger partial charge is 0.465 e. The summed E-state index contributed by atoms with van der Waals surface area (Å²) in [7, 11) is -0.392. The van der Waals surface area contributed by atoms with Gasteiger partial charge in [0.25, 0.3) is 0 Å². The minimum Gasteiger partial charge on any atom is -0.465 e. The topological polar surface area (TPSA) is 62.2 Å². The van der Waals surface area contributed by atoms with Crippen molar-refractivity contribution in [2.75, 3.05) is 19.6 Å². The average Bonchev–Trinajstić information content (AvgIpc) is 3.45. The Bertz CT molecular complexity index is 812. The molecule has 4 saturated heterocycles. The molecular formula is C23H33BN2O4. The van der Waals surface area contributed by atoms with E-state index < -0.39 is 13.2 Å². The summed E-state index contributed by atoms with van der Waals surface area (Å²) in [4.78, 5) is 16.7. The maximum Gasteiger partial charge on any atom is 0.494 e. The van der Waals surface area contributed by atoms with Gasteiger partial charge in [0.2, 0.25) is 0 Å². The summed E-state index contributed by atoms with van der Waals surface area (Å²) in [5.74, 6) is 0.493. The molecule has 1 aliphatic carbocycles. The lowest BCUT2D eigenvalue weighted by molar-refractivity contribution is -0.0131. The van der Waals surface area contributed by atoms with E-state index in [1.807, 2.05) is 17.0 Å². The number of nitrogens with zero attached hydrogens (tertiary/aromatic N) is 2. The molecule has 6 rings (SSSR count). The van der Waals surface area contributed by atoms with Crippen molar-refractivity contribution in [3.8, 4) is 0 Å². The Morgan fingerprint density at radius 2 is 1.63 bits per heavy atom. The Kier molecular flexibility index (Phi) is 4.55. The molecule has 0 aromatic heterocycles. The van der Waals surface area contributed by atoms with Gasteiger partial charge in [0.1, 0.15) is 0 Å². The van der Waals surface area contributed by atoms with Crippen molar-refractivity contribution < 1.29 is 19.2 Å².